The molecule has 3 heterocycles. The number of ether oxygens (including phenoxy) is 2. The number of nitrogens with zero attached hydrogens (tertiary/aromatic N) is 2. The number of aromatic nitrogens is 1. The fraction of sp³-hybridized carbons (Fsp3) is 0.280. The maximum atomic E-state index is 12.9. The number of benzene rings is 2. The highest BCUT2D eigenvalue weighted by Crippen LogP contribution is 2.45. The third-order valence-electron chi connectivity index (χ3n) is 5.77. The number of hydrogen-bond acceptors (Lipinski definition) is 7. The third kappa shape index (κ3) is 4.90. The number of halogens is 1. The molecule has 1 N–H and O–H groups in total. The minimum Gasteiger partial charge on any atom is -0.493 e. The van der Waals surface area contributed by atoms with Crippen molar-refractivity contribution in [3.8, 4) is 22.1 Å². The number of para-hydroxylation sites is 3. The molecule has 0 atom stereocenters. The van der Waals surface area contributed by atoms with E-state index in [1.807, 2.05) is 36.4 Å². The van der Waals surface area contributed by atoms with E-state index in [1.54, 1.807) is 35.8 Å². The Hall–Kier alpha value is -2.65. The second-order valence-electron chi connectivity index (χ2n) is 7.80. The predicted molar refractivity (Wildman–Crippen MR) is 142 cm³/mol. The molecular formula is C25H26ClN3O3S2. The van der Waals surface area contributed by atoms with Gasteiger partial charge in [-0.1, -0.05) is 31.2 Å². The number of thiophene rings is 1. The molecule has 5 rings (SSSR count). The highest BCUT2D eigenvalue weighted by molar-refractivity contribution is 7.22. The van der Waals surface area contributed by atoms with Crippen LogP contribution in [0.5, 0.6) is 11.5 Å². The summed E-state index contributed by atoms with van der Waals surface area (Å²) in [5, 5.41) is 4.92. The van der Waals surface area contributed by atoms with Crippen molar-refractivity contribution in [3.05, 3.63) is 59.0 Å². The van der Waals surface area contributed by atoms with Gasteiger partial charge in [0.05, 0.1) is 17.3 Å². The van der Waals surface area contributed by atoms with Gasteiger partial charge in [-0.15, -0.1) is 35.1 Å². The average molecular weight is 516 g/mol. The predicted octanol–water partition coefficient (Wildman–Crippen LogP) is 5.85. The molecular weight excluding hydrogens is 490 g/mol. The van der Waals surface area contributed by atoms with E-state index in [4.69, 9.17) is 14.5 Å². The van der Waals surface area contributed by atoms with Gasteiger partial charge in [-0.2, -0.15) is 0 Å². The van der Waals surface area contributed by atoms with Crippen LogP contribution in [-0.4, -0.2) is 42.6 Å². The summed E-state index contributed by atoms with van der Waals surface area (Å²) in [5.74, 6) is 0.950. The molecule has 0 radical (unpaired) electrons. The molecule has 1 amide bonds. The first kappa shape index (κ1) is 24.5. The van der Waals surface area contributed by atoms with Gasteiger partial charge in [0.25, 0.3) is 5.91 Å². The Morgan fingerprint density at radius 2 is 1.88 bits per heavy atom. The number of fused-ring (bicyclic) bond motifs is 2. The van der Waals surface area contributed by atoms with Crippen LogP contribution in [0.2, 0.25) is 0 Å². The SMILES string of the molecule is CCN1CCc2c(sc(NC(=O)COc3ccccc3OC)c2-c2nc3ccccc3s2)C1.Cl. The van der Waals surface area contributed by atoms with Gasteiger partial charge >= 0.3 is 0 Å². The van der Waals surface area contributed by atoms with Crippen LogP contribution in [-0.2, 0) is 17.8 Å². The van der Waals surface area contributed by atoms with E-state index in [2.05, 4.69) is 23.2 Å². The van der Waals surface area contributed by atoms with Crippen molar-refractivity contribution >= 4 is 56.2 Å². The second-order valence-corrected chi connectivity index (χ2v) is 9.94. The summed E-state index contributed by atoms with van der Waals surface area (Å²) < 4.78 is 12.2. The molecule has 0 bridgehead atoms. The van der Waals surface area contributed by atoms with Gasteiger partial charge in [-0.05, 0) is 42.8 Å². The Morgan fingerprint density at radius 1 is 1.12 bits per heavy atom. The average Bonchev–Trinajstić information content (AvgIpc) is 3.42. The molecule has 2 aromatic carbocycles. The summed E-state index contributed by atoms with van der Waals surface area (Å²) in [6, 6.07) is 15.5. The number of likely N-dealkylation sites (N-methyl/N-ethyl adjacent to an activating group) is 1. The summed E-state index contributed by atoms with van der Waals surface area (Å²) in [6.45, 7) is 5.03. The first-order valence-electron chi connectivity index (χ1n) is 10.9. The third-order valence-corrected chi connectivity index (χ3v) is 7.96. The normalized spacial score (nSPS) is 13.2. The lowest BCUT2D eigenvalue weighted by molar-refractivity contribution is -0.118. The lowest BCUT2D eigenvalue weighted by Gasteiger charge is -2.25. The van der Waals surface area contributed by atoms with Gasteiger partial charge < -0.3 is 14.8 Å². The van der Waals surface area contributed by atoms with Gasteiger partial charge in [-0.3, -0.25) is 9.69 Å². The summed E-state index contributed by atoms with van der Waals surface area (Å²) in [5.41, 5.74) is 3.36. The maximum Gasteiger partial charge on any atom is 0.262 e. The largest absolute Gasteiger partial charge is 0.493 e. The van der Waals surface area contributed by atoms with E-state index in [0.29, 0.717) is 11.5 Å². The Bertz CT molecular complexity index is 1270. The van der Waals surface area contributed by atoms with Crippen molar-refractivity contribution in [3.63, 3.8) is 0 Å². The first-order chi connectivity index (χ1) is 16.2. The molecule has 178 valence electrons. The van der Waals surface area contributed by atoms with Crippen molar-refractivity contribution in [2.75, 3.05) is 32.1 Å². The van der Waals surface area contributed by atoms with Crippen molar-refractivity contribution in [2.24, 2.45) is 0 Å². The maximum absolute atomic E-state index is 12.9. The van der Waals surface area contributed by atoms with E-state index in [1.165, 1.54) is 10.4 Å². The topological polar surface area (TPSA) is 63.7 Å². The Morgan fingerprint density at radius 3 is 2.65 bits per heavy atom. The van der Waals surface area contributed by atoms with Crippen LogP contribution < -0.4 is 14.8 Å². The number of carbonyl (C=O) groups excluding carboxylic acids is 1. The number of hydrogen-bond donors (Lipinski definition) is 1. The lowest BCUT2D eigenvalue weighted by Crippen LogP contribution is -2.29. The van der Waals surface area contributed by atoms with Crippen LogP contribution in [0.1, 0.15) is 17.4 Å². The molecule has 0 unspecified atom stereocenters. The van der Waals surface area contributed by atoms with E-state index in [0.717, 1.165) is 51.8 Å². The van der Waals surface area contributed by atoms with Crippen molar-refractivity contribution in [1.29, 1.82) is 0 Å². The van der Waals surface area contributed by atoms with Crippen molar-refractivity contribution in [2.45, 2.75) is 19.9 Å². The molecule has 0 saturated carbocycles. The molecule has 0 aliphatic carbocycles. The molecule has 2 aromatic heterocycles. The van der Waals surface area contributed by atoms with E-state index in [-0.39, 0.29) is 24.9 Å². The molecule has 1 aliphatic rings. The molecule has 0 spiro atoms. The van der Waals surface area contributed by atoms with Crippen molar-refractivity contribution < 1.29 is 14.3 Å². The number of carbonyl (C=O) groups is 1. The lowest BCUT2D eigenvalue weighted by atomic mass is 10.0. The molecule has 4 aromatic rings. The highest BCUT2D eigenvalue weighted by Gasteiger charge is 2.27. The minimum absolute atomic E-state index is 0. The fourth-order valence-electron chi connectivity index (χ4n) is 4.06. The van der Waals surface area contributed by atoms with Gasteiger partial charge in [-0.25, -0.2) is 4.98 Å². The van der Waals surface area contributed by atoms with Gasteiger partial charge in [0.1, 0.15) is 10.0 Å². The standard InChI is InChI=1S/C25H25N3O3S2.ClH/c1-3-28-13-12-16-21(14-28)33-25(23(16)24-26-17-8-4-7-11-20(17)32-24)27-22(29)15-31-19-10-6-5-9-18(19)30-2;/h4-11H,3,12-15H2,1-2H3,(H,27,29);1H. The Balaban J connectivity index is 0.00000274. The Kier molecular flexibility index (Phi) is 7.73. The van der Waals surface area contributed by atoms with Crippen LogP contribution in [0.3, 0.4) is 0 Å². The number of amides is 1. The molecule has 9 heteroatoms. The van der Waals surface area contributed by atoms with Crippen LogP contribution in [0.4, 0.5) is 5.00 Å². The Labute approximate surface area is 212 Å². The molecule has 6 nitrogen and oxygen atoms in total. The van der Waals surface area contributed by atoms with Crippen LogP contribution >= 0.6 is 35.1 Å². The van der Waals surface area contributed by atoms with Crippen LogP contribution in [0, 0.1) is 0 Å². The summed E-state index contributed by atoms with van der Waals surface area (Å²) >= 11 is 3.33. The van der Waals surface area contributed by atoms with Gasteiger partial charge in [0.15, 0.2) is 18.1 Å². The van der Waals surface area contributed by atoms with Crippen molar-refractivity contribution in [1.82, 2.24) is 9.88 Å². The zero-order valence-electron chi connectivity index (χ0n) is 19.0. The number of thiazole rings is 1. The number of anilines is 1. The number of rotatable bonds is 7. The zero-order chi connectivity index (χ0) is 22.8. The quantitative estimate of drug-likeness (QED) is 0.334. The second kappa shape index (κ2) is 10.7. The fourth-order valence-corrected chi connectivity index (χ4v) is 6.48. The summed E-state index contributed by atoms with van der Waals surface area (Å²) in [6.07, 6.45) is 0.957. The molecule has 1 aliphatic heterocycles. The van der Waals surface area contributed by atoms with Crippen LogP contribution in [0.25, 0.3) is 20.8 Å². The van der Waals surface area contributed by atoms with E-state index >= 15 is 0 Å². The number of methoxy groups -OCH3 is 1. The first-order valence-corrected chi connectivity index (χ1v) is 12.6. The minimum atomic E-state index is -0.200. The van der Waals surface area contributed by atoms with Crippen LogP contribution in [0.15, 0.2) is 48.5 Å². The molecule has 0 saturated heterocycles. The van der Waals surface area contributed by atoms with E-state index < -0.39 is 0 Å². The molecule has 0 fully saturated rings. The summed E-state index contributed by atoms with van der Waals surface area (Å²) in [7, 11) is 1.59. The zero-order valence-corrected chi connectivity index (χ0v) is 21.4. The smallest absolute Gasteiger partial charge is 0.262 e. The monoisotopic (exact) mass is 515 g/mol. The van der Waals surface area contributed by atoms with Gasteiger partial charge in [0, 0.05) is 23.5 Å². The molecule has 34 heavy (non-hydrogen) atoms. The van der Waals surface area contributed by atoms with E-state index in [9.17, 15) is 4.79 Å². The summed E-state index contributed by atoms with van der Waals surface area (Å²) in [4.78, 5) is 21.5. The highest BCUT2D eigenvalue weighted by atomic mass is 35.5. The number of nitrogens with one attached hydrogen (secondary N) is 1. The van der Waals surface area contributed by atoms with Gasteiger partial charge in [0.2, 0.25) is 0 Å².